The lowest BCUT2D eigenvalue weighted by Gasteiger charge is -2.09. The lowest BCUT2D eigenvalue weighted by atomic mass is 10.0. The Morgan fingerprint density at radius 1 is 1.25 bits per heavy atom. The van der Waals surface area contributed by atoms with Gasteiger partial charge in [-0.1, -0.05) is 23.7 Å². The Hall–Kier alpha value is -2.66. The zero-order valence-electron chi connectivity index (χ0n) is 13.2. The van der Waals surface area contributed by atoms with Crippen LogP contribution < -0.4 is 9.47 Å². The maximum Gasteiger partial charge on any atom is 0.336 e. The maximum absolute atomic E-state index is 11.6. The van der Waals surface area contributed by atoms with Crippen LogP contribution in [0.3, 0.4) is 0 Å². The molecule has 2 rings (SSSR count). The Balaban J connectivity index is 2.49. The summed E-state index contributed by atoms with van der Waals surface area (Å²) in [6.45, 7) is 2.12. The first-order valence-electron chi connectivity index (χ1n) is 7.21. The minimum atomic E-state index is -1.08. The van der Waals surface area contributed by atoms with Crippen molar-refractivity contribution in [2.24, 2.45) is 0 Å². The summed E-state index contributed by atoms with van der Waals surface area (Å²) in [5, 5.41) is 19.5. The van der Waals surface area contributed by atoms with E-state index in [1.54, 1.807) is 31.2 Å². The van der Waals surface area contributed by atoms with Crippen molar-refractivity contribution >= 4 is 29.2 Å². The van der Waals surface area contributed by atoms with Gasteiger partial charge in [0, 0.05) is 0 Å². The Bertz CT molecular complexity index is 766. The molecule has 0 aliphatic carbocycles. The largest absolute Gasteiger partial charge is 0.503 e. The van der Waals surface area contributed by atoms with Crippen molar-refractivity contribution in [3.8, 4) is 17.2 Å². The first-order valence-corrected chi connectivity index (χ1v) is 7.58. The molecule has 6 heteroatoms. The predicted octanol–water partition coefficient (Wildman–Crippen LogP) is 4.08. The molecule has 0 bridgehead atoms. The Kier molecular flexibility index (Phi) is 5.71. The molecule has 0 saturated carbocycles. The van der Waals surface area contributed by atoms with Crippen molar-refractivity contribution in [1.82, 2.24) is 0 Å². The number of carboxylic acids is 1. The van der Waals surface area contributed by atoms with Gasteiger partial charge < -0.3 is 19.7 Å². The lowest BCUT2D eigenvalue weighted by molar-refractivity contribution is -0.130. The van der Waals surface area contributed by atoms with E-state index in [0.29, 0.717) is 23.5 Å². The summed E-state index contributed by atoms with van der Waals surface area (Å²) < 4.78 is 10.4. The van der Waals surface area contributed by atoms with E-state index in [-0.39, 0.29) is 22.1 Å². The highest BCUT2D eigenvalue weighted by atomic mass is 35.5. The van der Waals surface area contributed by atoms with Gasteiger partial charge in [0.2, 0.25) is 0 Å². The maximum atomic E-state index is 11.6. The third-order valence-electron chi connectivity index (χ3n) is 3.29. The van der Waals surface area contributed by atoms with Gasteiger partial charge in [0.15, 0.2) is 11.5 Å². The van der Waals surface area contributed by atoms with E-state index in [2.05, 4.69) is 0 Å². The summed E-state index contributed by atoms with van der Waals surface area (Å²) >= 11 is 5.98. The first kappa shape index (κ1) is 17.7. The molecule has 0 aliphatic heterocycles. The fourth-order valence-electron chi connectivity index (χ4n) is 2.15. The highest BCUT2D eigenvalue weighted by molar-refractivity contribution is 6.32. The van der Waals surface area contributed by atoms with Crippen LogP contribution in [0.2, 0.25) is 5.02 Å². The minimum Gasteiger partial charge on any atom is -0.503 e. The van der Waals surface area contributed by atoms with E-state index in [1.807, 2.05) is 0 Å². The predicted molar refractivity (Wildman–Crippen MR) is 92.8 cm³/mol. The zero-order valence-corrected chi connectivity index (χ0v) is 14.0. The molecule has 0 aliphatic rings. The smallest absolute Gasteiger partial charge is 0.336 e. The van der Waals surface area contributed by atoms with Crippen LogP contribution in [0.4, 0.5) is 0 Å². The molecular weight excluding hydrogens is 332 g/mol. The number of aliphatic carboxylic acids is 1. The van der Waals surface area contributed by atoms with E-state index < -0.39 is 5.97 Å². The van der Waals surface area contributed by atoms with Crippen LogP contribution >= 0.6 is 11.6 Å². The average molecular weight is 349 g/mol. The molecular formula is C18H17ClO5. The summed E-state index contributed by atoms with van der Waals surface area (Å²) in [5.74, 6) is -0.412. The van der Waals surface area contributed by atoms with Gasteiger partial charge in [0.05, 0.1) is 24.3 Å². The third kappa shape index (κ3) is 4.00. The van der Waals surface area contributed by atoms with Crippen molar-refractivity contribution < 1.29 is 24.5 Å². The van der Waals surface area contributed by atoms with Gasteiger partial charge in [0.1, 0.15) is 5.75 Å². The number of ether oxygens (including phenoxy) is 2. The number of rotatable bonds is 6. The molecule has 0 aromatic heterocycles. The summed E-state index contributed by atoms with van der Waals surface area (Å²) in [6, 6.07) is 9.70. The number of carbonyl (C=O) groups is 1. The molecule has 24 heavy (non-hydrogen) atoms. The van der Waals surface area contributed by atoms with Gasteiger partial charge >= 0.3 is 5.97 Å². The molecule has 0 fully saturated rings. The summed E-state index contributed by atoms with van der Waals surface area (Å²) in [6.07, 6.45) is 1.47. The summed E-state index contributed by atoms with van der Waals surface area (Å²) in [7, 11) is 1.54. The van der Waals surface area contributed by atoms with Crippen LogP contribution in [0.15, 0.2) is 36.4 Å². The van der Waals surface area contributed by atoms with Crippen molar-refractivity contribution in [3.05, 3.63) is 52.5 Å². The number of phenolic OH excluding ortho intramolecular Hbond substituents is 1. The van der Waals surface area contributed by atoms with Crippen molar-refractivity contribution in [2.75, 3.05) is 13.7 Å². The standard InChI is InChI=1S/C18H17ClO5/c1-3-24-16-10-11(9-15(19)17(16)20)8-14(18(21)22)12-4-6-13(23-2)7-5-12/h4-10,20H,3H2,1-2H3,(H,21,22)/b14-8-. The van der Waals surface area contributed by atoms with Crippen molar-refractivity contribution in [2.45, 2.75) is 6.92 Å². The number of hydrogen-bond donors (Lipinski definition) is 2. The van der Waals surface area contributed by atoms with Crippen LogP contribution in [-0.2, 0) is 4.79 Å². The van der Waals surface area contributed by atoms with Gasteiger partial charge in [-0.3, -0.25) is 0 Å². The van der Waals surface area contributed by atoms with Crippen LogP contribution in [-0.4, -0.2) is 29.9 Å². The molecule has 0 spiro atoms. The number of halogens is 1. The Labute approximate surface area is 144 Å². The Morgan fingerprint density at radius 2 is 1.92 bits per heavy atom. The van der Waals surface area contributed by atoms with Crippen LogP contribution in [0.5, 0.6) is 17.2 Å². The number of aromatic hydroxyl groups is 1. The molecule has 5 nitrogen and oxygen atoms in total. The number of phenols is 1. The second kappa shape index (κ2) is 7.75. The molecule has 0 heterocycles. The number of hydrogen-bond acceptors (Lipinski definition) is 4. The quantitative estimate of drug-likeness (QED) is 0.607. The normalized spacial score (nSPS) is 11.2. The van der Waals surface area contributed by atoms with E-state index in [4.69, 9.17) is 21.1 Å². The lowest BCUT2D eigenvalue weighted by Crippen LogP contribution is -2.00. The minimum absolute atomic E-state index is 0.0851. The zero-order chi connectivity index (χ0) is 17.7. The van der Waals surface area contributed by atoms with Crippen molar-refractivity contribution in [3.63, 3.8) is 0 Å². The second-order valence-electron chi connectivity index (χ2n) is 4.87. The number of methoxy groups -OCH3 is 1. The highest BCUT2D eigenvalue weighted by Crippen LogP contribution is 2.36. The molecule has 0 atom stereocenters. The fraction of sp³-hybridized carbons (Fsp3) is 0.167. The van der Waals surface area contributed by atoms with E-state index in [1.165, 1.54) is 25.3 Å². The van der Waals surface area contributed by atoms with Gasteiger partial charge in [-0.2, -0.15) is 0 Å². The molecule has 0 saturated heterocycles. The van der Waals surface area contributed by atoms with Crippen LogP contribution in [0.1, 0.15) is 18.1 Å². The Morgan fingerprint density at radius 3 is 2.46 bits per heavy atom. The molecule has 2 aromatic rings. The van der Waals surface area contributed by atoms with Gasteiger partial charge in [-0.25, -0.2) is 4.79 Å². The molecule has 126 valence electrons. The van der Waals surface area contributed by atoms with Crippen LogP contribution in [0, 0.1) is 0 Å². The van der Waals surface area contributed by atoms with Gasteiger partial charge in [0.25, 0.3) is 0 Å². The van der Waals surface area contributed by atoms with E-state index >= 15 is 0 Å². The average Bonchev–Trinajstić information content (AvgIpc) is 2.57. The first-order chi connectivity index (χ1) is 11.5. The monoisotopic (exact) mass is 348 g/mol. The molecule has 2 N–H and O–H groups in total. The topological polar surface area (TPSA) is 76.0 Å². The third-order valence-corrected chi connectivity index (χ3v) is 3.58. The molecule has 0 unspecified atom stereocenters. The molecule has 0 radical (unpaired) electrons. The van der Waals surface area contributed by atoms with E-state index in [0.717, 1.165) is 0 Å². The van der Waals surface area contributed by atoms with Gasteiger partial charge in [-0.05, 0) is 48.4 Å². The van der Waals surface area contributed by atoms with E-state index in [9.17, 15) is 15.0 Å². The number of carboxylic acid groups (broad SMARTS) is 1. The molecule has 0 amide bonds. The molecule has 2 aromatic carbocycles. The van der Waals surface area contributed by atoms with Gasteiger partial charge in [-0.15, -0.1) is 0 Å². The van der Waals surface area contributed by atoms with Crippen LogP contribution in [0.25, 0.3) is 11.6 Å². The number of benzene rings is 2. The second-order valence-corrected chi connectivity index (χ2v) is 5.28. The summed E-state index contributed by atoms with van der Waals surface area (Å²) in [4.78, 5) is 11.6. The summed E-state index contributed by atoms with van der Waals surface area (Å²) in [5.41, 5.74) is 1.11. The SMILES string of the molecule is CCOc1cc(/C=C(\C(=O)O)c2ccc(OC)cc2)cc(Cl)c1O. The fourth-order valence-corrected chi connectivity index (χ4v) is 2.37. The highest BCUT2D eigenvalue weighted by Gasteiger charge is 2.13. The van der Waals surface area contributed by atoms with Crippen molar-refractivity contribution in [1.29, 1.82) is 0 Å².